The highest BCUT2D eigenvalue weighted by atomic mass is 16.5. The fraction of sp³-hybridized carbons (Fsp3) is 1.00. The summed E-state index contributed by atoms with van der Waals surface area (Å²) in [5.41, 5.74) is 5.69. The van der Waals surface area contributed by atoms with Crippen LogP contribution in [-0.4, -0.2) is 82.0 Å². The number of rotatable bonds is 11. The van der Waals surface area contributed by atoms with Crippen LogP contribution in [0.25, 0.3) is 0 Å². The van der Waals surface area contributed by atoms with E-state index >= 15 is 0 Å². The van der Waals surface area contributed by atoms with Crippen molar-refractivity contribution in [3.8, 4) is 0 Å². The molecule has 1 fully saturated rings. The first kappa shape index (κ1) is 17.9. The lowest BCUT2D eigenvalue weighted by Gasteiger charge is -2.39. The monoisotopic (exact) mass is 287 g/mol. The predicted molar refractivity (Wildman–Crippen MR) is 83.1 cm³/mol. The first-order valence-corrected chi connectivity index (χ1v) is 8.05. The molecule has 5 nitrogen and oxygen atoms in total. The van der Waals surface area contributed by atoms with Gasteiger partial charge in [-0.15, -0.1) is 0 Å². The smallest absolute Gasteiger partial charge is 0.0700 e. The summed E-state index contributed by atoms with van der Waals surface area (Å²) in [6.45, 7) is 11.2. The van der Waals surface area contributed by atoms with E-state index in [1.54, 1.807) is 7.11 Å². The maximum absolute atomic E-state index is 5.69. The Morgan fingerprint density at radius 2 is 1.85 bits per heavy atom. The van der Waals surface area contributed by atoms with Crippen molar-refractivity contribution < 1.29 is 9.47 Å². The molecule has 0 aromatic rings. The van der Waals surface area contributed by atoms with Crippen molar-refractivity contribution in [3.05, 3.63) is 0 Å². The third-order valence-corrected chi connectivity index (χ3v) is 4.09. The quantitative estimate of drug-likeness (QED) is 0.569. The largest absolute Gasteiger partial charge is 0.382 e. The lowest BCUT2D eigenvalue weighted by atomic mass is 10.1. The Morgan fingerprint density at radius 3 is 2.45 bits per heavy atom. The topological polar surface area (TPSA) is 51.0 Å². The van der Waals surface area contributed by atoms with Gasteiger partial charge in [-0.1, -0.05) is 6.92 Å². The summed E-state index contributed by atoms with van der Waals surface area (Å²) in [6, 6.07) is 0.680. The van der Waals surface area contributed by atoms with Gasteiger partial charge in [-0.05, 0) is 25.8 Å². The molecule has 1 rings (SSSR count). The van der Waals surface area contributed by atoms with Crippen LogP contribution in [-0.2, 0) is 9.47 Å². The van der Waals surface area contributed by atoms with Crippen molar-refractivity contribution >= 4 is 0 Å². The number of hydrogen-bond donors (Lipinski definition) is 1. The minimum absolute atomic E-state index is 0.680. The maximum atomic E-state index is 5.69. The Morgan fingerprint density at radius 1 is 1.10 bits per heavy atom. The van der Waals surface area contributed by atoms with Crippen LogP contribution in [0.4, 0.5) is 0 Å². The first-order chi connectivity index (χ1) is 9.81. The van der Waals surface area contributed by atoms with E-state index < -0.39 is 0 Å². The molecule has 1 unspecified atom stereocenters. The van der Waals surface area contributed by atoms with E-state index in [0.29, 0.717) is 19.3 Å². The maximum Gasteiger partial charge on any atom is 0.0700 e. The predicted octanol–water partition coefficient (Wildman–Crippen LogP) is 0.785. The van der Waals surface area contributed by atoms with E-state index in [1.807, 2.05) is 0 Å². The van der Waals surface area contributed by atoms with Crippen molar-refractivity contribution in [2.75, 3.05) is 66.2 Å². The summed E-state index contributed by atoms with van der Waals surface area (Å²) in [5.74, 6) is 0. The molecule has 1 aliphatic heterocycles. The Balaban J connectivity index is 2.06. The third kappa shape index (κ3) is 6.99. The number of ether oxygens (including phenoxy) is 2. The molecular formula is C15H33N3O2. The van der Waals surface area contributed by atoms with E-state index in [1.165, 1.54) is 32.6 Å². The molecule has 1 atom stereocenters. The highest BCUT2D eigenvalue weighted by molar-refractivity contribution is 4.78. The van der Waals surface area contributed by atoms with Crippen molar-refractivity contribution in [1.29, 1.82) is 0 Å². The molecule has 5 heteroatoms. The summed E-state index contributed by atoms with van der Waals surface area (Å²) in [6.07, 6.45) is 3.46. The lowest BCUT2D eigenvalue weighted by molar-refractivity contribution is 0.0559. The number of methoxy groups -OCH3 is 1. The highest BCUT2D eigenvalue weighted by Gasteiger charge is 2.21. The van der Waals surface area contributed by atoms with Gasteiger partial charge >= 0.3 is 0 Å². The molecular weight excluding hydrogens is 254 g/mol. The highest BCUT2D eigenvalue weighted by Crippen LogP contribution is 2.12. The van der Waals surface area contributed by atoms with Crippen LogP contribution in [0.15, 0.2) is 0 Å². The summed E-state index contributed by atoms with van der Waals surface area (Å²) < 4.78 is 10.5. The Bertz CT molecular complexity index is 221. The second-order valence-electron chi connectivity index (χ2n) is 5.48. The summed E-state index contributed by atoms with van der Waals surface area (Å²) in [7, 11) is 1.71. The van der Waals surface area contributed by atoms with Crippen molar-refractivity contribution in [3.63, 3.8) is 0 Å². The van der Waals surface area contributed by atoms with Crippen LogP contribution in [0.5, 0.6) is 0 Å². The third-order valence-electron chi connectivity index (χ3n) is 4.09. The van der Waals surface area contributed by atoms with E-state index in [0.717, 1.165) is 32.5 Å². The molecule has 1 saturated heterocycles. The van der Waals surface area contributed by atoms with Crippen LogP contribution in [0.2, 0.25) is 0 Å². The fourth-order valence-electron chi connectivity index (χ4n) is 2.82. The molecule has 20 heavy (non-hydrogen) atoms. The van der Waals surface area contributed by atoms with Gasteiger partial charge < -0.3 is 20.1 Å². The standard InChI is InChI=1S/C15H33N3O2/c1-3-15(5-6-16)18-10-8-17(9-11-18)7-4-12-20-14-13-19-2/h15H,3-14,16H2,1-2H3. The van der Waals surface area contributed by atoms with Gasteiger partial charge in [0, 0.05) is 52.5 Å². The Hall–Kier alpha value is -0.200. The molecule has 2 N–H and O–H groups in total. The Labute approximate surface area is 124 Å². The normalized spacial score (nSPS) is 19.4. The average Bonchev–Trinajstić information content (AvgIpc) is 2.49. The van der Waals surface area contributed by atoms with Crippen LogP contribution < -0.4 is 5.73 Å². The van der Waals surface area contributed by atoms with Crippen LogP contribution >= 0.6 is 0 Å². The lowest BCUT2D eigenvalue weighted by Crippen LogP contribution is -2.50. The van der Waals surface area contributed by atoms with Crippen LogP contribution in [0, 0.1) is 0 Å². The number of piperazine rings is 1. The van der Waals surface area contributed by atoms with Crippen LogP contribution in [0.3, 0.4) is 0 Å². The molecule has 0 bridgehead atoms. The van der Waals surface area contributed by atoms with Gasteiger partial charge in [-0.3, -0.25) is 4.90 Å². The van der Waals surface area contributed by atoms with E-state index in [4.69, 9.17) is 15.2 Å². The van der Waals surface area contributed by atoms with Crippen molar-refractivity contribution in [1.82, 2.24) is 9.80 Å². The molecule has 0 amide bonds. The van der Waals surface area contributed by atoms with Crippen molar-refractivity contribution in [2.45, 2.75) is 32.2 Å². The molecule has 0 saturated carbocycles. The second-order valence-corrected chi connectivity index (χ2v) is 5.48. The van der Waals surface area contributed by atoms with E-state index in [2.05, 4.69) is 16.7 Å². The molecule has 0 aromatic carbocycles. The van der Waals surface area contributed by atoms with Crippen LogP contribution in [0.1, 0.15) is 26.2 Å². The second kappa shape index (κ2) is 11.5. The average molecular weight is 287 g/mol. The van der Waals surface area contributed by atoms with Gasteiger partial charge in [-0.2, -0.15) is 0 Å². The SMILES string of the molecule is CCC(CCN)N1CCN(CCCOCCOC)CC1. The molecule has 0 spiro atoms. The van der Waals surface area contributed by atoms with Crippen molar-refractivity contribution in [2.24, 2.45) is 5.73 Å². The minimum atomic E-state index is 0.680. The molecule has 1 aliphatic rings. The number of hydrogen-bond acceptors (Lipinski definition) is 5. The van der Waals surface area contributed by atoms with Gasteiger partial charge in [0.15, 0.2) is 0 Å². The van der Waals surface area contributed by atoms with Gasteiger partial charge in [0.2, 0.25) is 0 Å². The fourth-order valence-corrected chi connectivity index (χ4v) is 2.82. The molecule has 1 heterocycles. The number of nitrogens with two attached hydrogens (primary N) is 1. The molecule has 0 aliphatic carbocycles. The first-order valence-electron chi connectivity index (χ1n) is 8.05. The zero-order chi connectivity index (χ0) is 14.6. The van der Waals surface area contributed by atoms with Gasteiger partial charge in [-0.25, -0.2) is 0 Å². The molecule has 120 valence electrons. The zero-order valence-corrected chi connectivity index (χ0v) is 13.4. The summed E-state index contributed by atoms with van der Waals surface area (Å²) in [5, 5.41) is 0. The molecule has 0 aromatic heterocycles. The van der Waals surface area contributed by atoms with E-state index in [9.17, 15) is 0 Å². The van der Waals surface area contributed by atoms with Gasteiger partial charge in [0.05, 0.1) is 13.2 Å². The summed E-state index contributed by atoms with van der Waals surface area (Å²) in [4.78, 5) is 5.16. The minimum Gasteiger partial charge on any atom is -0.382 e. The number of nitrogens with zero attached hydrogens (tertiary/aromatic N) is 2. The Kier molecular flexibility index (Phi) is 10.2. The van der Waals surface area contributed by atoms with E-state index in [-0.39, 0.29) is 0 Å². The molecule has 0 radical (unpaired) electrons. The summed E-state index contributed by atoms with van der Waals surface area (Å²) >= 11 is 0. The van der Waals surface area contributed by atoms with Gasteiger partial charge in [0.1, 0.15) is 0 Å². The zero-order valence-electron chi connectivity index (χ0n) is 13.4. The van der Waals surface area contributed by atoms with Gasteiger partial charge in [0.25, 0.3) is 0 Å².